The molecule has 0 unspecified atom stereocenters. The molecule has 9 nitrogen and oxygen atoms in total. The smallest absolute Gasteiger partial charge is 0.341 e. The van der Waals surface area contributed by atoms with Gasteiger partial charge in [0.2, 0.25) is 0 Å². The fraction of sp³-hybridized carbons (Fsp3) is 0.286. The van der Waals surface area contributed by atoms with Gasteiger partial charge in [0.05, 0.1) is 35.7 Å². The van der Waals surface area contributed by atoms with Crippen molar-refractivity contribution >= 4 is 74.5 Å². The molecule has 210 valence electrons. The Labute approximate surface area is 261 Å². The molecule has 40 heavy (non-hydrogen) atoms. The molecule has 0 bridgehead atoms. The third-order valence-corrected chi connectivity index (χ3v) is 8.34. The number of thiazole rings is 1. The lowest BCUT2D eigenvalue weighted by atomic mass is 9.95. The van der Waals surface area contributed by atoms with Crippen LogP contribution in [0.5, 0.6) is 11.5 Å². The summed E-state index contributed by atoms with van der Waals surface area (Å²) >= 11 is 5.38. The molecule has 4 rings (SSSR count). The summed E-state index contributed by atoms with van der Waals surface area (Å²) in [5.74, 6) is -0.569. The van der Waals surface area contributed by atoms with E-state index in [0.29, 0.717) is 39.2 Å². The van der Waals surface area contributed by atoms with Gasteiger partial charge >= 0.3 is 11.9 Å². The monoisotopic (exact) mass is 788 g/mol. The van der Waals surface area contributed by atoms with Crippen molar-refractivity contribution in [3.63, 3.8) is 0 Å². The summed E-state index contributed by atoms with van der Waals surface area (Å²) in [6, 6.07) is 10.2. The quantitative estimate of drug-likeness (QED) is 0.255. The number of ether oxygens (including phenoxy) is 3. The number of esters is 1. The molecule has 3 aromatic rings. The Kier molecular flexibility index (Phi) is 9.72. The van der Waals surface area contributed by atoms with Crippen LogP contribution in [0.1, 0.15) is 44.9 Å². The number of carboxylic acid groups (broad SMARTS) is 1. The van der Waals surface area contributed by atoms with Gasteiger partial charge in [-0.3, -0.25) is 9.36 Å². The van der Waals surface area contributed by atoms with Crippen molar-refractivity contribution < 1.29 is 28.9 Å². The predicted octanol–water partition coefficient (Wildman–Crippen LogP) is 4.26. The number of aromatic nitrogens is 1. The number of carbonyl (C=O) groups is 2. The van der Waals surface area contributed by atoms with E-state index in [2.05, 4.69) is 50.2 Å². The molecule has 0 amide bonds. The van der Waals surface area contributed by atoms with Crippen molar-refractivity contribution in [1.29, 1.82) is 0 Å². The molecule has 2 heterocycles. The Morgan fingerprint density at radius 1 is 1.20 bits per heavy atom. The van der Waals surface area contributed by atoms with E-state index in [1.165, 1.54) is 15.9 Å². The van der Waals surface area contributed by atoms with Crippen LogP contribution in [-0.4, -0.2) is 40.9 Å². The molecular weight excluding hydrogens is 762 g/mol. The standard InChI is InChI=1S/C28H26I2N2O7S/c1-5-37-27(36)23-15(4)31-28-32(24(23)17-8-6-7-9-20(17)39-14(2)3)26(35)21(40-28)12-16-10-18(29)25(19(30)11-16)38-13-22(33)34/h6-12,14,24H,5,13H2,1-4H3,(H,33,34)/b21-12+/t24-/m0/s1. The van der Waals surface area contributed by atoms with Crippen molar-refractivity contribution in [2.75, 3.05) is 13.2 Å². The molecule has 0 spiro atoms. The van der Waals surface area contributed by atoms with E-state index >= 15 is 0 Å². The summed E-state index contributed by atoms with van der Waals surface area (Å²) in [5, 5.41) is 8.96. The van der Waals surface area contributed by atoms with Crippen molar-refractivity contribution in [2.24, 2.45) is 4.99 Å². The normalized spacial score (nSPS) is 15.1. The highest BCUT2D eigenvalue weighted by Crippen LogP contribution is 2.36. The van der Waals surface area contributed by atoms with Gasteiger partial charge in [-0.15, -0.1) is 0 Å². The number of nitrogens with zero attached hydrogens (tertiary/aromatic N) is 2. The fourth-order valence-corrected chi connectivity index (χ4v) is 7.41. The van der Waals surface area contributed by atoms with Crippen molar-refractivity contribution in [3.8, 4) is 11.5 Å². The van der Waals surface area contributed by atoms with Crippen LogP contribution in [0.2, 0.25) is 0 Å². The minimum atomic E-state index is -1.07. The molecule has 0 radical (unpaired) electrons. The first-order valence-electron chi connectivity index (χ1n) is 12.3. The van der Waals surface area contributed by atoms with E-state index < -0.39 is 24.6 Å². The van der Waals surface area contributed by atoms with Gasteiger partial charge in [0, 0.05) is 5.56 Å². The highest BCUT2D eigenvalue weighted by Gasteiger charge is 2.35. The van der Waals surface area contributed by atoms with Gasteiger partial charge in [-0.1, -0.05) is 29.5 Å². The molecule has 0 aliphatic carbocycles. The van der Waals surface area contributed by atoms with E-state index in [1.807, 2.05) is 50.2 Å². The Hall–Kier alpha value is -2.72. The molecular formula is C28H26I2N2O7S. The Morgan fingerprint density at radius 2 is 1.88 bits per heavy atom. The van der Waals surface area contributed by atoms with E-state index in [1.54, 1.807) is 19.9 Å². The summed E-state index contributed by atoms with van der Waals surface area (Å²) in [6.07, 6.45) is 1.63. The SMILES string of the molecule is CCOC(=O)C1=C(C)N=c2s/c(=C/c3cc(I)c(OCC(=O)O)c(I)c3)c(=O)n2[C@H]1c1ccccc1OC(C)C. The van der Waals surface area contributed by atoms with Crippen molar-refractivity contribution in [1.82, 2.24) is 4.57 Å². The van der Waals surface area contributed by atoms with Crippen LogP contribution < -0.4 is 24.4 Å². The first-order chi connectivity index (χ1) is 19.0. The molecule has 1 aliphatic rings. The number of fused-ring (bicyclic) bond motifs is 1. The number of hydrogen-bond acceptors (Lipinski definition) is 8. The van der Waals surface area contributed by atoms with Gasteiger partial charge < -0.3 is 19.3 Å². The number of carboxylic acids is 1. The van der Waals surface area contributed by atoms with Gasteiger partial charge in [0.15, 0.2) is 11.4 Å². The minimum Gasteiger partial charge on any atom is -0.491 e. The lowest BCUT2D eigenvalue weighted by Crippen LogP contribution is -2.40. The summed E-state index contributed by atoms with van der Waals surface area (Å²) in [4.78, 5) is 43.2. The third-order valence-electron chi connectivity index (χ3n) is 5.75. The average molecular weight is 788 g/mol. The second-order valence-corrected chi connectivity index (χ2v) is 12.3. The maximum atomic E-state index is 14.0. The zero-order valence-corrected chi connectivity index (χ0v) is 27.2. The van der Waals surface area contributed by atoms with Gasteiger partial charge in [-0.25, -0.2) is 14.6 Å². The molecule has 0 fully saturated rings. The first-order valence-corrected chi connectivity index (χ1v) is 15.3. The van der Waals surface area contributed by atoms with Crippen LogP contribution in [0.4, 0.5) is 0 Å². The Balaban J connectivity index is 1.91. The highest BCUT2D eigenvalue weighted by atomic mass is 127. The summed E-state index contributed by atoms with van der Waals surface area (Å²) in [5.41, 5.74) is 1.84. The molecule has 12 heteroatoms. The number of hydrogen-bond donors (Lipinski definition) is 1. The number of halogens is 2. The maximum absolute atomic E-state index is 14.0. The summed E-state index contributed by atoms with van der Waals surface area (Å²) in [6.45, 7) is 7.03. The average Bonchev–Trinajstić information content (AvgIpc) is 3.16. The molecule has 2 aromatic carbocycles. The van der Waals surface area contributed by atoms with Gasteiger partial charge in [-0.2, -0.15) is 0 Å². The second-order valence-electron chi connectivity index (χ2n) is 9.00. The van der Waals surface area contributed by atoms with Crippen LogP contribution in [0.15, 0.2) is 57.5 Å². The lowest BCUT2D eigenvalue weighted by Gasteiger charge is -2.26. The van der Waals surface area contributed by atoms with E-state index in [-0.39, 0.29) is 23.8 Å². The Bertz CT molecular complexity index is 1670. The number of allylic oxidation sites excluding steroid dienone is 1. The largest absolute Gasteiger partial charge is 0.491 e. The van der Waals surface area contributed by atoms with Crippen LogP contribution in [0.3, 0.4) is 0 Å². The van der Waals surface area contributed by atoms with Crippen molar-refractivity contribution in [2.45, 2.75) is 39.8 Å². The molecule has 1 aromatic heterocycles. The van der Waals surface area contributed by atoms with Gasteiger partial charge in [0.25, 0.3) is 5.56 Å². The fourth-order valence-electron chi connectivity index (χ4n) is 4.24. The third kappa shape index (κ3) is 6.43. The van der Waals surface area contributed by atoms with Crippen LogP contribution in [0, 0.1) is 7.14 Å². The second kappa shape index (κ2) is 12.9. The van der Waals surface area contributed by atoms with E-state index in [0.717, 1.165) is 5.56 Å². The highest BCUT2D eigenvalue weighted by molar-refractivity contribution is 14.1. The number of para-hydroxylation sites is 1. The topological polar surface area (TPSA) is 116 Å². The van der Waals surface area contributed by atoms with Gasteiger partial charge in [-0.05, 0) is 103 Å². The molecule has 1 atom stereocenters. The van der Waals surface area contributed by atoms with Crippen LogP contribution in [0.25, 0.3) is 6.08 Å². The number of carbonyl (C=O) groups excluding carboxylic acids is 1. The molecule has 1 N–H and O–H groups in total. The summed E-state index contributed by atoms with van der Waals surface area (Å²) < 4.78 is 20.3. The molecule has 1 aliphatic heterocycles. The zero-order valence-electron chi connectivity index (χ0n) is 22.1. The van der Waals surface area contributed by atoms with Crippen molar-refractivity contribution in [3.05, 3.63) is 85.6 Å². The van der Waals surface area contributed by atoms with Crippen LogP contribution in [-0.2, 0) is 14.3 Å². The van der Waals surface area contributed by atoms with Gasteiger partial charge in [0.1, 0.15) is 17.5 Å². The first kappa shape index (κ1) is 30.2. The zero-order chi connectivity index (χ0) is 29.1. The Morgan fingerprint density at radius 3 is 2.50 bits per heavy atom. The molecule has 0 saturated carbocycles. The molecule has 0 saturated heterocycles. The van der Waals surface area contributed by atoms with E-state index in [9.17, 15) is 14.4 Å². The maximum Gasteiger partial charge on any atom is 0.341 e. The number of aliphatic carboxylic acids is 1. The minimum absolute atomic E-state index is 0.125. The number of rotatable bonds is 9. The summed E-state index contributed by atoms with van der Waals surface area (Å²) in [7, 11) is 0. The van der Waals surface area contributed by atoms with E-state index in [4.69, 9.17) is 19.3 Å². The number of benzene rings is 2. The predicted molar refractivity (Wildman–Crippen MR) is 168 cm³/mol. The lowest BCUT2D eigenvalue weighted by molar-refractivity contribution is -0.140. The van der Waals surface area contributed by atoms with Crippen LogP contribution >= 0.6 is 56.5 Å².